The highest BCUT2D eigenvalue weighted by Crippen LogP contribution is 2.25. The van der Waals surface area contributed by atoms with Crippen LogP contribution in [0.5, 0.6) is 0 Å². The van der Waals surface area contributed by atoms with Gasteiger partial charge >= 0.3 is 0 Å². The normalized spacial score (nSPS) is 13.2. The minimum atomic E-state index is -3.19. The van der Waals surface area contributed by atoms with Crippen LogP contribution in [0.2, 0.25) is 0 Å². The van der Waals surface area contributed by atoms with Gasteiger partial charge in [-0.3, -0.25) is 4.68 Å². The molecule has 1 aromatic carbocycles. The van der Waals surface area contributed by atoms with Gasteiger partial charge in [0.15, 0.2) is 9.84 Å². The maximum atomic E-state index is 11.6. The third kappa shape index (κ3) is 3.26. The first-order valence-corrected chi connectivity index (χ1v) is 8.66. The molecule has 21 heavy (non-hydrogen) atoms. The third-order valence-corrected chi connectivity index (χ3v) is 4.75. The summed E-state index contributed by atoms with van der Waals surface area (Å²) < 4.78 is 25.1. The summed E-state index contributed by atoms with van der Waals surface area (Å²) in [6, 6.07) is 6.92. The van der Waals surface area contributed by atoms with E-state index in [2.05, 4.69) is 10.4 Å². The van der Waals surface area contributed by atoms with Crippen LogP contribution in [-0.4, -0.2) is 24.5 Å². The number of benzene rings is 1. The lowest BCUT2D eigenvalue weighted by atomic mass is 10.1. The van der Waals surface area contributed by atoms with Crippen molar-refractivity contribution in [1.82, 2.24) is 9.78 Å². The van der Waals surface area contributed by atoms with Gasteiger partial charge in [0, 0.05) is 30.2 Å². The van der Waals surface area contributed by atoms with Crippen LogP contribution in [0.1, 0.15) is 29.9 Å². The smallest absolute Gasteiger partial charge is 0.175 e. The molecular weight excluding hydrogens is 286 g/mol. The molecule has 1 N–H and O–H groups in total. The fraction of sp³-hybridized carbons (Fsp3) is 0.400. The maximum Gasteiger partial charge on any atom is 0.175 e. The van der Waals surface area contributed by atoms with Gasteiger partial charge in [-0.2, -0.15) is 5.10 Å². The zero-order valence-electron chi connectivity index (χ0n) is 13.0. The second-order valence-electron chi connectivity index (χ2n) is 5.37. The van der Waals surface area contributed by atoms with Crippen molar-refractivity contribution in [2.75, 3.05) is 11.6 Å². The number of anilines is 1. The van der Waals surface area contributed by atoms with Gasteiger partial charge in [-0.05, 0) is 39.0 Å². The fourth-order valence-corrected chi connectivity index (χ4v) is 3.22. The molecule has 1 aromatic heterocycles. The van der Waals surface area contributed by atoms with E-state index in [0.29, 0.717) is 4.90 Å². The van der Waals surface area contributed by atoms with Crippen LogP contribution in [-0.2, 0) is 16.9 Å². The molecule has 0 radical (unpaired) electrons. The highest BCUT2D eigenvalue weighted by Gasteiger charge is 2.16. The summed E-state index contributed by atoms with van der Waals surface area (Å²) in [5.41, 5.74) is 4.01. The Morgan fingerprint density at radius 1 is 1.29 bits per heavy atom. The van der Waals surface area contributed by atoms with Crippen molar-refractivity contribution in [2.45, 2.75) is 31.7 Å². The predicted molar refractivity (Wildman–Crippen MR) is 84.3 cm³/mol. The Labute approximate surface area is 125 Å². The standard InChI is InChI=1S/C15H21N3O2S/c1-10(15-11(2)17-18(4)12(15)3)16-13-7-6-8-14(9-13)21(5,19)20/h6-10,16H,1-5H3. The van der Waals surface area contributed by atoms with Crippen molar-refractivity contribution in [3.05, 3.63) is 41.2 Å². The average Bonchev–Trinajstić information content (AvgIpc) is 2.62. The molecule has 0 spiro atoms. The van der Waals surface area contributed by atoms with E-state index < -0.39 is 9.84 Å². The number of hydrogen-bond acceptors (Lipinski definition) is 4. The van der Waals surface area contributed by atoms with Crippen LogP contribution in [0.25, 0.3) is 0 Å². The Bertz CT molecular complexity index is 763. The van der Waals surface area contributed by atoms with Gasteiger partial charge in [-0.15, -0.1) is 0 Å². The molecule has 2 aromatic rings. The van der Waals surface area contributed by atoms with Gasteiger partial charge in [0.1, 0.15) is 0 Å². The van der Waals surface area contributed by atoms with Crippen LogP contribution < -0.4 is 5.32 Å². The van der Waals surface area contributed by atoms with Gasteiger partial charge in [0.2, 0.25) is 0 Å². The first kappa shape index (κ1) is 15.6. The number of rotatable bonds is 4. The Morgan fingerprint density at radius 3 is 2.48 bits per heavy atom. The molecule has 0 amide bonds. The maximum absolute atomic E-state index is 11.6. The van der Waals surface area contributed by atoms with E-state index in [1.54, 1.807) is 18.2 Å². The summed E-state index contributed by atoms with van der Waals surface area (Å²) in [6.45, 7) is 6.05. The number of nitrogens with zero attached hydrogens (tertiary/aromatic N) is 2. The van der Waals surface area contributed by atoms with Crippen LogP contribution in [0, 0.1) is 13.8 Å². The minimum Gasteiger partial charge on any atom is -0.378 e. The molecule has 5 nitrogen and oxygen atoms in total. The Kier molecular flexibility index (Phi) is 4.09. The van der Waals surface area contributed by atoms with Crippen LogP contribution in [0.3, 0.4) is 0 Å². The number of nitrogens with one attached hydrogen (secondary N) is 1. The SMILES string of the molecule is Cc1nn(C)c(C)c1C(C)Nc1cccc(S(C)(=O)=O)c1. The molecule has 0 saturated heterocycles. The lowest BCUT2D eigenvalue weighted by molar-refractivity contribution is 0.602. The summed E-state index contributed by atoms with van der Waals surface area (Å²) in [5, 5.41) is 7.76. The highest BCUT2D eigenvalue weighted by molar-refractivity contribution is 7.90. The van der Waals surface area contributed by atoms with E-state index in [4.69, 9.17) is 0 Å². The van der Waals surface area contributed by atoms with Crippen molar-refractivity contribution in [3.63, 3.8) is 0 Å². The zero-order valence-corrected chi connectivity index (χ0v) is 13.8. The molecule has 2 rings (SSSR count). The molecule has 0 aliphatic heterocycles. The number of aromatic nitrogens is 2. The largest absolute Gasteiger partial charge is 0.378 e. The number of sulfone groups is 1. The van der Waals surface area contributed by atoms with Gasteiger partial charge in [0.05, 0.1) is 16.6 Å². The van der Waals surface area contributed by atoms with Gasteiger partial charge in [-0.25, -0.2) is 8.42 Å². The quantitative estimate of drug-likeness (QED) is 0.943. The molecular formula is C15H21N3O2S. The van der Waals surface area contributed by atoms with Crippen LogP contribution >= 0.6 is 0 Å². The molecule has 1 heterocycles. The zero-order chi connectivity index (χ0) is 15.8. The molecule has 6 heteroatoms. The number of hydrogen-bond donors (Lipinski definition) is 1. The summed E-state index contributed by atoms with van der Waals surface area (Å²) in [7, 11) is -1.27. The molecule has 0 fully saturated rings. The van der Waals surface area contributed by atoms with Gasteiger partial charge in [-0.1, -0.05) is 6.07 Å². The second-order valence-corrected chi connectivity index (χ2v) is 7.39. The first-order valence-electron chi connectivity index (χ1n) is 6.77. The van der Waals surface area contributed by atoms with E-state index >= 15 is 0 Å². The first-order chi connectivity index (χ1) is 9.70. The summed E-state index contributed by atoms with van der Waals surface area (Å²) in [4.78, 5) is 0.319. The highest BCUT2D eigenvalue weighted by atomic mass is 32.2. The monoisotopic (exact) mass is 307 g/mol. The second kappa shape index (κ2) is 5.52. The van der Waals surface area contributed by atoms with Crippen molar-refractivity contribution >= 4 is 15.5 Å². The van der Waals surface area contributed by atoms with E-state index in [1.807, 2.05) is 38.6 Å². The topological polar surface area (TPSA) is 64.0 Å². The van der Waals surface area contributed by atoms with Gasteiger partial charge < -0.3 is 5.32 Å². The molecule has 1 atom stereocenters. The van der Waals surface area contributed by atoms with E-state index in [9.17, 15) is 8.42 Å². The Balaban J connectivity index is 2.30. The molecule has 0 aliphatic rings. The van der Waals surface area contributed by atoms with Crippen molar-refractivity contribution in [2.24, 2.45) is 7.05 Å². The lowest BCUT2D eigenvalue weighted by Crippen LogP contribution is -2.09. The molecule has 0 saturated carbocycles. The molecule has 0 aliphatic carbocycles. The Morgan fingerprint density at radius 2 is 1.95 bits per heavy atom. The minimum absolute atomic E-state index is 0.0495. The van der Waals surface area contributed by atoms with Crippen molar-refractivity contribution in [3.8, 4) is 0 Å². The van der Waals surface area contributed by atoms with E-state index in [-0.39, 0.29) is 6.04 Å². The molecule has 114 valence electrons. The van der Waals surface area contributed by atoms with Crippen LogP contribution in [0.4, 0.5) is 5.69 Å². The summed E-state index contributed by atoms with van der Waals surface area (Å²) >= 11 is 0. The average molecular weight is 307 g/mol. The third-order valence-electron chi connectivity index (χ3n) is 3.64. The van der Waals surface area contributed by atoms with Crippen LogP contribution in [0.15, 0.2) is 29.2 Å². The van der Waals surface area contributed by atoms with Crippen molar-refractivity contribution in [1.29, 1.82) is 0 Å². The summed E-state index contributed by atoms with van der Waals surface area (Å²) in [5.74, 6) is 0. The summed E-state index contributed by atoms with van der Waals surface area (Å²) in [6.07, 6.45) is 1.21. The molecule has 0 bridgehead atoms. The lowest BCUT2D eigenvalue weighted by Gasteiger charge is -2.16. The fourth-order valence-electron chi connectivity index (χ4n) is 2.56. The van der Waals surface area contributed by atoms with E-state index in [0.717, 1.165) is 22.6 Å². The Hall–Kier alpha value is -1.82. The van der Waals surface area contributed by atoms with Crippen molar-refractivity contribution < 1.29 is 8.42 Å². The number of aryl methyl sites for hydroxylation is 2. The van der Waals surface area contributed by atoms with E-state index in [1.165, 1.54) is 6.26 Å². The predicted octanol–water partition coefficient (Wildman–Crippen LogP) is 2.61. The molecule has 1 unspecified atom stereocenters. The van der Waals surface area contributed by atoms with Gasteiger partial charge in [0.25, 0.3) is 0 Å².